The highest BCUT2D eigenvalue weighted by Gasteiger charge is 2.16. The van der Waals surface area contributed by atoms with Gasteiger partial charge in [0.2, 0.25) is 0 Å². The van der Waals surface area contributed by atoms with Crippen LogP contribution in [0.2, 0.25) is 0 Å². The molecular formula is C17H15NO. The molecule has 0 saturated heterocycles. The van der Waals surface area contributed by atoms with Gasteiger partial charge in [0.05, 0.1) is 11.0 Å². The zero-order chi connectivity index (χ0) is 13.6. The molecule has 0 unspecified atom stereocenters. The first-order valence-corrected chi connectivity index (χ1v) is 6.36. The average molecular weight is 249 g/mol. The Kier molecular flexibility index (Phi) is 2.50. The van der Waals surface area contributed by atoms with Crippen molar-refractivity contribution in [3.63, 3.8) is 0 Å². The molecule has 0 radical (unpaired) electrons. The fourth-order valence-corrected chi connectivity index (χ4v) is 2.78. The molecule has 94 valence electrons. The van der Waals surface area contributed by atoms with Crippen molar-refractivity contribution in [2.24, 2.45) is 0 Å². The topological polar surface area (TPSA) is 25.2 Å². The summed E-state index contributed by atoms with van der Waals surface area (Å²) in [6, 6.07) is 11.8. The van der Waals surface area contributed by atoms with E-state index in [1.807, 2.05) is 30.3 Å². The summed E-state index contributed by atoms with van der Waals surface area (Å²) < 4.78 is 2.19. The smallest absolute Gasteiger partial charge is 0.125 e. The summed E-state index contributed by atoms with van der Waals surface area (Å²) in [4.78, 5) is 0. The summed E-state index contributed by atoms with van der Waals surface area (Å²) in [6.45, 7) is 4.24. The molecule has 0 bridgehead atoms. The zero-order valence-electron chi connectivity index (χ0n) is 11.0. The van der Waals surface area contributed by atoms with Crippen molar-refractivity contribution in [3.8, 4) is 18.1 Å². The predicted molar refractivity (Wildman–Crippen MR) is 79.4 cm³/mol. The second kappa shape index (κ2) is 4.07. The molecule has 1 heterocycles. The Morgan fingerprint density at radius 2 is 1.89 bits per heavy atom. The maximum absolute atomic E-state index is 10.2. The van der Waals surface area contributed by atoms with Crippen molar-refractivity contribution in [3.05, 3.63) is 42.0 Å². The van der Waals surface area contributed by atoms with Gasteiger partial charge in [0.15, 0.2) is 0 Å². The Hall–Kier alpha value is -2.40. The van der Waals surface area contributed by atoms with Crippen molar-refractivity contribution < 1.29 is 5.11 Å². The fourth-order valence-electron chi connectivity index (χ4n) is 2.78. The molecule has 0 aliphatic carbocycles. The van der Waals surface area contributed by atoms with Crippen LogP contribution >= 0.6 is 0 Å². The normalized spacial score (nSPS) is 11.3. The number of phenols is 1. The molecule has 0 aliphatic heterocycles. The number of aromatic hydroxyl groups is 1. The largest absolute Gasteiger partial charge is 0.507 e. The minimum absolute atomic E-state index is 0.274. The summed E-state index contributed by atoms with van der Waals surface area (Å²) in [5.74, 6) is 3.05. The number of fused-ring (bicyclic) bond motifs is 3. The van der Waals surface area contributed by atoms with Gasteiger partial charge < -0.3 is 9.67 Å². The van der Waals surface area contributed by atoms with Crippen molar-refractivity contribution >= 4 is 21.8 Å². The maximum atomic E-state index is 10.2. The Labute approximate surface area is 112 Å². The molecule has 0 fully saturated rings. The quantitative estimate of drug-likeness (QED) is 0.646. The van der Waals surface area contributed by atoms with E-state index >= 15 is 0 Å². The van der Waals surface area contributed by atoms with Crippen LogP contribution in [0.3, 0.4) is 0 Å². The first-order chi connectivity index (χ1) is 9.15. The number of rotatable bonds is 1. The summed E-state index contributed by atoms with van der Waals surface area (Å²) in [7, 11) is 0. The molecule has 3 aromatic rings. The lowest BCUT2D eigenvalue weighted by molar-refractivity contribution is 0.482. The number of hydrogen-bond acceptors (Lipinski definition) is 1. The molecule has 3 rings (SSSR count). The predicted octanol–water partition coefficient (Wildman–Crippen LogP) is 4.06. The minimum atomic E-state index is 0.274. The van der Waals surface area contributed by atoms with E-state index in [9.17, 15) is 5.11 Å². The molecule has 0 saturated carbocycles. The molecule has 2 nitrogen and oxygen atoms in total. The first kappa shape index (κ1) is 11.7. The monoisotopic (exact) mass is 249 g/mol. The molecule has 0 spiro atoms. The Bertz CT molecular complexity index is 818. The van der Waals surface area contributed by atoms with E-state index in [0.29, 0.717) is 5.75 Å². The highest BCUT2D eigenvalue weighted by Crippen LogP contribution is 2.37. The lowest BCUT2D eigenvalue weighted by atomic mass is 10.1. The van der Waals surface area contributed by atoms with E-state index in [1.165, 1.54) is 0 Å². The van der Waals surface area contributed by atoms with Crippen LogP contribution in [-0.2, 0) is 0 Å². The van der Waals surface area contributed by atoms with Crippen LogP contribution in [0.1, 0.15) is 25.5 Å². The molecular weight excluding hydrogens is 234 g/mol. The van der Waals surface area contributed by atoms with Crippen LogP contribution in [0.4, 0.5) is 0 Å². The lowest BCUT2D eigenvalue weighted by Crippen LogP contribution is -2.01. The maximum Gasteiger partial charge on any atom is 0.125 e. The van der Waals surface area contributed by atoms with Crippen LogP contribution < -0.4 is 0 Å². The SMILES string of the molecule is C#Cc1cccc2c3c(O)cccc3n(C(C)C)c12. The van der Waals surface area contributed by atoms with Gasteiger partial charge in [-0.2, -0.15) is 0 Å². The van der Waals surface area contributed by atoms with Crippen LogP contribution in [0.15, 0.2) is 36.4 Å². The Morgan fingerprint density at radius 3 is 2.58 bits per heavy atom. The van der Waals surface area contributed by atoms with E-state index in [2.05, 4.69) is 24.3 Å². The third-order valence-electron chi connectivity index (χ3n) is 3.50. The summed E-state index contributed by atoms with van der Waals surface area (Å²) >= 11 is 0. The molecule has 0 amide bonds. The molecule has 0 atom stereocenters. The zero-order valence-corrected chi connectivity index (χ0v) is 11.0. The number of para-hydroxylation sites is 1. The first-order valence-electron chi connectivity index (χ1n) is 6.36. The van der Waals surface area contributed by atoms with Crippen LogP contribution in [0.25, 0.3) is 21.8 Å². The van der Waals surface area contributed by atoms with Crippen LogP contribution in [-0.4, -0.2) is 9.67 Å². The third-order valence-corrected chi connectivity index (χ3v) is 3.50. The van der Waals surface area contributed by atoms with Gasteiger partial charge in [-0.05, 0) is 32.0 Å². The summed E-state index contributed by atoms with van der Waals surface area (Å²) in [5.41, 5.74) is 2.91. The Morgan fingerprint density at radius 1 is 1.16 bits per heavy atom. The van der Waals surface area contributed by atoms with Crippen molar-refractivity contribution in [2.45, 2.75) is 19.9 Å². The van der Waals surface area contributed by atoms with Gasteiger partial charge in [0.1, 0.15) is 5.75 Å². The number of benzene rings is 2. The third kappa shape index (κ3) is 1.52. The van der Waals surface area contributed by atoms with Crippen molar-refractivity contribution in [1.82, 2.24) is 4.57 Å². The van der Waals surface area contributed by atoms with E-state index < -0.39 is 0 Å². The Balaban J connectivity index is 2.67. The van der Waals surface area contributed by atoms with E-state index in [-0.39, 0.29) is 6.04 Å². The van der Waals surface area contributed by atoms with Crippen molar-refractivity contribution in [2.75, 3.05) is 0 Å². The number of hydrogen-bond donors (Lipinski definition) is 1. The van der Waals surface area contributed by atoms with E-state index in [4.69, 9.17) is 6.42 Å². The number of terminal acetylenes is 1. The number of aromatic nitrogens is 1. The van der Waals surface area contributed by atoms with E-state index in [0.717, 1.165) is 27.4 Å². The van der Waals surface area contributed by atoms with Crippen molar-refractivity contribution in [1.29, 1.82) is 0 Å². The van der Waals surface area contributed by atoms with E-state index in [1.54, 1.807) is 6.07 Å². The summed E-state index contributed by atoms with van der Waals surface area (Å²) in [5, 5.41) is 12.1. The van der Waals surface area contributed by atoms with Crippen LogP contribution in [0.5, 0.6) is 5.75 Å². The van der Waals surface area contributed by atoms with Gasteiger partial charge >= 0.3 is 0 Å². The molecule has 0 aliphatic rings. The van der Waals surface area contributed by atoms with Gasteiger partial charge in [-0.1, -0.05) is 24.1 Å². The molecule has 2 aromatic carbocycles. The van der Waals surface area contributed by atoms with Gasteiger partial charge in [0, 0.05) is 22.4 Å². The molecule has 19 heavy (non-hydrogen) atoms. The highest BCUT2D eigenvalue weighted by atomic mass is 16.3. The number of phenolic OH excluding ortho intramolecular Hbond substituents is 1. The second-order valence-electron chi connectivity index (χ2n) is 4.98. The van der Waals surface area contributed by atoms with Crippen LogP contribution in [0, 0.1) is 12.3 Å². The minimum Gasteiger partial charge on any atom is -0.507 e. The molecule has 1 aromatic heterocycles. The second-order valence-corrected chi connectivity index (χ2v) is 4.98. The molecule has 1 N–H and O–H groups in total. The standard InChI is InChI=1S/C17H15NO/c1-4-12-7-5-8-13-16-14(9-6-10-15(16)19)18(11(2)3)17(12)13/h1,5-11,19H,2-3H3. The van der Waals surface area contributed by atoms with Gasteiger partial charge in [-0.15, -0.1) is 6.42 Å². The van der Waals surface area contributed by atoms with Gasteiger partial charge in [-0.25, -0.2) is 0 Å². The lowest BCUT2D eigenvalue weighted by Gasteiger charge is -2.12. The van der Waals surface area contributed by atoms with Gasteiger partial charge in [-0.3, -0.25) is 0 Å². The fraction of sp³-hybridized carbons (Fsp3) is 0.176. The highest BCUT2D eigenvalue weighted by molar-refractivity contribution is 6.12. The number of nitrogens with zero attached hydrogens (tertiary/aromatic N) is 1. The van der Waals surface area contributed by atoms with Gasteiger partial charge in [0.25, 0.3) is 0 Å². The summed E-state index contributed by atoms with van der Waals surface area (Å²) in [6.07, 6.45) is 5.62. The average Bonchev–Trinajstić information content (AvgIpc) is 2.74. The molecule has 2 heteroatoms.